The first-order chi connectivity index (χ1) is 19.5. The number of carbonyl (C=O) groups is 1. The molecule has 11 heteroatoms. The smallest absolute Gasteiger partial charge is 0.432 e. The zero-order valence-electron chi connectivity index (χ0n) is 21.2. The van der Waals surface area contributed by atoms with Crippen LogP contribution in [0, 0.1) is 0 Å². The van der Waals surface area contributed by atoms with Crippen LogP contribution in [0.5, 0.6) is 11.5 Å². The minimum atomic E-state index is -1.16. The Morgan fingerprint density at radius 2 is 1.90 bits per heavy atom. The summed E-state index contributed by atoms with van der Waals surface area (Å²) < 4.78 is 6.23. The van der Waals surface area contributed by atoms with Crippen molar-refractivity contribution in [3.63, 3.8) is 0 Å². The molecule has 3 aromatic heterocycles. The van der Waals surface area contributed by atoms with Crippen LogP contribution in [-0.4, -0.2) is 48.1 Å². The largest absolute Gasteiger partial charge is 0.504 e. The first kappa shape index (κ1) is 24.6. The second-order valence-corrected chi connectivity index (χ2v) is 8.97. The predicted octanol–water partition coefficient (Wildman–Crippen LogP) is 5.64. The number of aromatic hydroxyl groups is 1. The number of phenols is 1. The molecule has 198 valence electrons. The molecule has 6 aromatic rings. The summed E-state index contributed by atoms with van der Waals surface area (Å²) >= 11 is 0. The summed E-state index contributed by atoms with van der Waals surface area (Å²) in [5.74, 6) is 1.16. The van der Waals surface area contributed by atoms with Crippen LogP contribution in [0.4, 0.5) is 22.0 Å². The second kappa shape index (κ2) is 10.2. The number of nitrogens with zero attached hydrogens (tertiary/aromatic N) is 5. The summed E-state index contributed by atoms with van der Waals surface area (Å²) in [5.41, 5.74) is 4.42. The van der Waals surface area contributed by atoms with E-state index in [1.54, 1.807) is 36.5 Å². The van der Waals surface area contributed by atoms with Crippen LogP contribution < -0.4 is 15.4 Å². The van der Waals surface area contributed by atoms with Gasteiger partial charge in [0.25, 0.3) is 0 Å². The molecular formula is C29H23N7O4. The zero-order valence-corrected chi connectivity index (χ0v) is 21.2. The van der Waals surface area contributed by atoms with E-state index in [2.05, 4.69) is 20.7 Å². The average Bonchev–Trinajstić information content (AvgIpc) is 3.40. The van der Waals surface area contributed by atoms with Gasteiger partial charge in [0, 0.05) is 52.7 Å². The minimum absolute atomic E-state index is 0.0471. The number of rotatable bonds is 7. The second-order valence-electron chi connectivity index (χ2n) is 8.97. The molecule has 0 atom stereocenters. The molecule has 0 fully saturated rings. The highest BCUT2D eigenvalue weighted by Crippen LogP contribution is 2.36. The van der Waals surface area contributed by atoms with Crippen LogP contribution in [0.3, 0.4) is 0 Å². The predicted molar refractivity (Wildman–Crippen MR) is 151 cm³/mol. The topological polar surface area (TPSA) is 147 Å². The number of aromatic nitrogens is 5. The van der Waals surface area contributed by atoms with Gasteiger partial charge in [-0.1, -0.05) is 18.2 Å². The maximum Gasteiger partial charge on any atom is 0.432 e. The highest BCUT2D eigenvalue weighted by molar-refractivity contribution is 5.96. The van der Waals surface area contributed by atoms with E-state index in [0.29, 0.717) is 45.7 Å². The lowest BCUT2D eigenvalue weighted by Gasteiger charge is -2.14. The number of hydrogen-bond donors (Lipinski definition) is 4. The van der Waals surface area contributed by atoms with Gasteiger partial charge in [-0.25, -0.2) is 14.8 Å². The van der Waals surface area contributed by atoms with Crippen molar-refractivity contribution < 1.29 is 19.7 Å². The van der Waals surface area contributed by atoms with Gasteiger partial charge in [-0.2, -0.15) is 9.78 Å². The molecule has 6 rings (SSSR count). The van der Waals surface area contributed by atoms with E-state index < -0.39 is 6.09 Å². The standard InChI is InChI=1S/C29H23N7O4/c1-40-26-13-23-22(12-25(26)37)28(33-21-7-8-24-19(11-21)16-32-36(24)29(38)39)35-27(34-23)18-5-2-6-20(10-18)31-15-17-4-3-9-30-14-17/h2-14,16,31,37H,15H2,1H3,(H,38,39)(H,33,34,35). The number of benzene rings is 3. The van der Waals surface area contributed by atoms with Gasteiger partial charge in [-0.05, 0) is 48.0 Å². The van der Waals surface area contributed by atoms with Crippen LogP contribution in [0.25, 0.3) is 33.2 Å². The summed E-state index contributed by atoms with van der Waals surface area (Å²) in [4.78, 5) is 25.2. The molecule has 0 aliphatic carbocycles. The average molecular weight is 534 g/mol. The fourth-order valence-electron chi connectivity index (χ4n) is 4.41. The van der Waals surface area contributed by atoms with Gasteiger partial charge in [0.2, 0.25) is 0 Å². The molecular weight excluding hydrogens is 510 g/mol. The SMILES string of the molecule is COc1cc2nc(-c3cccc(NCc4cccnc4)c3)nc(Nc3ccc4c(cnn4C(=O)O)c3)c2cc1O. The van der Waals surface area contributed by atoms with Crippen molar-refractivity contribution in [2.24, 2.45) is 0 Å². The van der Waals surface area contributed by atoms with Crippen molar-refractivity contribution in [2.45, 2.75) is 6.54 Å². The number of fused-ring (bicyclic) bond motifs is 2. The van der Waals surface area contributed by atoms with Gasteiger partial charge in [0.05, 0.1) is 24.3 Å². The van der Waals surface area contributed by atoms with E-state index in [9.17, 15) is 15.0 Å². The van der Waals surface area contributed by atoms with Gasteiger partial charge < -0.3 is 25.6 Å². The molecule has 0 bridgehead atoms. The van der Waals surface area contributed by atoms with Gasteiger partial charge in [0.1, 0.15) is 5.82 Å². The van der Waals surface area contributed by atoms with Gasteiger partial charge in [-0.3, -0.25) is 4.98 Å². The number of anilines is 3. The Kier molecular flexibility index (Phi) is 6.29. The number of hydrogen-bond acceptors (Lipinski definition) is 9. The molecule has 0 saturated carbocycles. The van der Waals surface area contributed by atoms with Gasteiger partial charge in [-0.15, -0.1) is 0 Å². The lowest BCUT2D eigenvalue weighted by atomic mass is 10.1. The first-order valence-corrected chi connectivity index (χ1v) is 12.3. The van der Waals surface area contributed by atoms with Gasteiger partial charge in [0.15, 0.2) is 17.3 Å². The Labute approximate surface area is 227 Å². The monoisotopic (exact) mass is 533 g/mol. The summed E-state index contributed by atoms with van der Waals surface area (Å²) in [5, 5.41) is 31.7. The molecule has 0 aliphatic rings. The number of ether oxygens (including phenoxy) is 1. The number of pyridine rings is 1. The van der Waals surface area contributed by atoms with E-state index in [1.165, 1.54) is 13.3 Å². The maximum atomic E-state index is 11.4. The van der Waals surface area contributed by atoms with E-state index in [0.717, 1.165) is 21.5 Å². The zero-order chi connectivity index (χ0) is 27.6. The molecule has 11 nitrogen and oxygen atoms in total. The fraction of sp³-hybridized carbons (Fsp3) is 0.0690. The maximum absolute atomic E-state index is 11.4. The van der Waals surface area contributed by atoms with Crippen LogP contribution >= 0.6 is 0 Å². The summed E-state index contributed by atoms with van der Waals surface area (Å²) in [7, 11) is 1.48. The summed E-state index contributed by atoms with van der Waals surface area (Å²) in [6.45, 7) is 0.611. The summed E-state index contributed by atoms with van der Waals surface area (Å²) in [6.07, 6.45) is 3.87. The molecule has 0 radical (unpaired) electrons. The molecule has 0 spiro atoms. The lowest BCUT2D eigenvalue weighted by Crippen LogP contribution is -2.08. The molecule has 0 amide bonds. The minimum Gasteiger partial charge on any atom is -0.504 e. The highest BCUT2D eigenvalue weighted by atomic mass is 16.5. The van der Waals surface area contributed by atoms with Crippen molar-refractivity contribution in [1.29, 1.82) is 0 Å². The third kappa shape index (κ3) is 4.78. The number of nitrogens with one attached hydrogen (secondary N) is 2. The Morgan fingerprint density at radius 1 is 1.00 bits per heavy atom. The highest BCUT2D eigenvalue weighted by Gasteiger charge is 2.15. The Bertz CT molecular complexity index is 1870. The number of methoxy groups -OCH3 is 1. The summed E-state index contributed by atoms with van der Waals surface area (Å²) in [6, 6.07) is 20.1. The van der Waals surface area contributed by atoms with Gasteiger partial charge >= 0.3 is 6.09 Å². The van der Waals surface area contributed by atoms with E-state index in [1.807, 2.05) is 42.6 Å². The van der Waals surface area contributed by atoms with Crippen LogP contribution in [-0.2, 0) is 6.54 Å². The Morgan fingerprint density at radius 3 is 2.70 bits per heavy atom. The molecule has 40 heavy (non-hydrogen) atoms. The van der Waals surface area contributed by atoms with Crippen molar-refractivity contribution in [3.8, 4) is 22.9 Å². The van der Waals surface area contributed by atoms with Crippen molar-refractivity contribution >= 4 is 45.1 Å². The quantitative estimate of drug-likeness (QED) is 0.203. The van der Waals surface area contributed by atoms with E-state index in [4.69, 9.17) is 14.7 Å². The lowest BCUT2D eigenvalue weighted by molar-refractivity contribution is 0.194. The molecule has 4 N–H and O–H groups in total. The number of phenolic OH excluding ortho intramolecular Hbond substituents is 1. The van der Waals surface area contributed by atoms with E-state index in [-0.39, 0.29) is 11.5 Å². The molecule has 3 aromatic carbocycles. The Hall–Kier alpha value is -5.71. The first-order valence-electron chi connectivity index (χ1n) is 12.3. The third-order valence-electron chi connectivity index (χ3n) is 6.35. The molecule has 0 saturated heterocycles. The molecule has 0 aliphatic heterocycles. The normalized spacial score (nSPS) is 11.0. The number of carboxylic acid groups (broad SMARTS) is 1. The molecule has 3 heterocycles. The molecule has 0 unspecified atom stereocenters. The van der Waals surface area contributed by atoms with Crippen molar-refractivity contribution in [1.82, 2.24) is 24.7 Å². The van der Waals surface area contributed by atoms with Crippen LogP contribution in [0.2, 0.25) is 0 Å². The Balaban J connectivity index is 1.39. The third-order valence-corrected chi connectivity index (χ3v) is 6.35. The fourth-order valence-corrected chi connectivity index (χ4v) is 4.41. The van der Waals surface area contributed by atoms with Crippen molar-refractivity contribution in [3.05, 3.63) is 90.9 Å². The van der Waals surface area contributed by atoms with Crippen LogP contribution in [0.15, 0.2) is 85.3 Å². The van der Waals surface area contributed by atoms with E-state index >= 15 is 0 Å². The van der Waals surface area contributed by atoms with Crippen molar-refractivity contribution in [2.75, 3.05) is 17.7 Å². The van der Waals surface area contributed by atoms with Crippen LogP contribution in [0.1, 0.15) is 5.56 Å².